The molecule has 2 N–H and O–H groups in total. The van der Waals surface area contributed by atoms with Gasteiger partial charge in [0.2, 0.25) is 5.91 Å². The molecule has 24 heavy (non-hydrogen) atoms. The number of benzene rings is 2. The minimum atomic E-state index is -0.0200. The van der Waals surface area contributed by atoms with Crippen LogP contribution >= 0.6 is 12.6 Å². The fourth-order valence-electron chi connectivity index (χ4n) is 2.85. The van der Waals surface area contributed by atoms with E-state index in [9.17, 15) is 4.79 Å². The molecule has 0 saturated heterocycles. The Balaban J connectivity index is 2.08. The van der Waals surface area contributed by atoms with E-state index in [0.717, 1.165) is 39.2 Å². The van der Waals surface area contributed by atoms with Gasteiger partial charge in [0, 0.05) is 35.0 Å². The Kier molecular flexibility index (Phi) is 4.81. The maximum absolute atomic E-state index is 11.2. The number of aromatic nitrogens is 1. The third-order valence-corrected chi connectivity index (χ3v) is 4.32. The Morgan fingerprint density at radius 1 is 1.21 bits per heavy atom. The normalized spacial score (nSPS) is 10.8. The van der Waals surface area contributed by atoms with E-state index in [2.05, 4.69) is 22.9 Å². The van der Waals surface area contributed by atoms with E-state index in [4.69, 9.17) is 4.74 Å². The van der Waals surface area contributed by atoms with Crippen LogP contribution in [-0.2, 0) is 11.2 Å². The lowest BCUT2D eigenvalue weighted by Gasteiger charge is -2.07. The van der Waals surface area contributed by atoms with Crippen LogP contribution in [0.4, 0.5) is 0 Å². The van der Waals surface area contributed by atoms with Gasteiger partial charge in [-0.05, 0) is 47.9 Å². The van der Waals surface area contributed by atoms with Gasteiger partial charge in [-0.2, -0.15) is 0 Å². The lowest BCUT2D eigenvalue weighted by atomic mass is 10.0. The number of amides is 1. The molecule has 0 bridgehead atoms. The topological polar surface area (TPSA) is 54.1 Å². The van der Waals surface area contributed by atoms with Crippen molar-refractivity contribution in [3.8, 4) is 17.0 Å². The SMILES string of the molecule is COc1ccc2[nH]c(-c3ccc(S)cc3)c(CCNC(C)=O)c2c1. The van der Waals surface area contributed by atoms with Gasteiger partial charge in [-0.25, -0.2) is 0 Å². The molecule has 3 aromatic rings. The van der Waals surface area contributed by atoms with Crippen molar-refractivity contribution in [1.29, 1.82) is 0 Å². The lowest BCUT2D eigenvalue weighted by molar-refractivity contribution is -0.118. The Bertz CT molecular complexity index is 869. The number of thiol groups is 1. The molecule has 0 atom stereocenters. The summed E-state index contributed by atoms with van der Waals surface area (Å²) in [5.41, 5.74) is 4.39. The van der Waals surface area contributed by atoms with E-state index >= 15 is 0 Å². The molecule has 1 aromatic heterocycles. The number of methoxy groups -OCH3 is 1. The van der Waals surface area contributed by atoms with E-state index in [1.165, 1.54) is 12.5 Å². The van der Waals surface area contributed by atoms with Crippen molar-refractivity contribution in [2.45, 2.75) is 18.2 Å². The summed E-state index contributed by atoms with van der Waals surface area (Å²) in [5, 5.41) is 3.98. The van der Waals surface area contributed by atoms with Crippen molar-refractivity contribution >= 4 is 29.4 Å². The Hall–Kier alpha value is -2.40. The van der Waals surface area contributed by atoms with Gasteiger partial charge in [-0.3, -0.25) is 4.79 Å². The number of aromatic amines is 1. The molecule has 3 rings (SSSR count). The second-order valence-electron chi connectivity index (χ2n) is 5.67. The van der Waals surface area contributed by atoms with Crippen molar-refractivity contribution in [3.05, 3.63) is 48.0 Å². The number of rotatable bonds is 5. The molecule has 0 fully saturated rings. The standard InChI is InChI=1S/C19H20N2O2S/c1-12(22)20-10-9-16-17-11-14(23-2)5-8-18(17)21-19(16)13-3-6-15(24)7-4-13/h3-8,11,21,24H,9-10H2,1-2H3,(H,20,22). The summed E-state index contributed by atoms with van der Waals surface area (Å²) in [4.78, 5) is 15.6. The average Bonchev–Trinajstić information content (AvgIpc) is 2.93. The highest BCUT2D eigenvalue weighted by atomic mass is 32.1. The number of nitrogens with one attached hydrogen (secondary N) is 2. The van der Waals surface area contributed by atoms with E-state index in [1.54, 1.807) is 7.11 Å². The molecule has 0 aliphatic carbocycles. The third-order valence-electron chi connectivity index (χ3n) is 4.02. The Morgan fingerprint density at radius 3 is 2.62 bits per heavy atom. The van der Waals surface area contributed by atoms with Crippen molar-refractivity contribution < 1.29 is 9.53 Å². The molecule has 0 aliphatic heterocycles. The highest BCUT2D eigenvalue weighted by Crippen LogP contribution is 2.33. The van der Waals surface area contributed by atoms with Gasteiger partial charge < -0.3 is 15.0 Å². The number of fused-ring (bicyclic) bond motifs is 1. The average molecular weight is 340 g/mol. The lowest BCUT2D eigenvalue weighted by Crippen LogP contribution is -2.22. The van der Waals surface area contributed by atoms with Crippen LogP contribution in [0.15, 0.2) is 47.4 Å². The number of carbonyl (C=O) groups excluding carboxylic acids is 1. The molecule has 0 saturated carbocycles. The number of carbonyl (C=O) groups is 1. The van der Waals surface area contributed by atoms with Crippen molar-refractivity contribution in [2.24, 2.45) is 0 Å². The van der Waals surface area contributed by atoms with Gasteiger partial charge in [-0.1, -0.05) is 12.1 Å². The fraction of sp³-hybridized carbons (Fsp3) is 0.211. The number of hydrogen-bond acceptors (Lipinski definition) is 3. The predicted octanol–water partition coefficient (Wildman–Crippen LogP) is 3.81. The minimum absolute atomic E-state index is 0.0200. The first-order valence-corrected chi connectivity index (χ1v) is 8.25. The molecule has 1 heterocycles. The van der Waals surface area contributed by atoms with Crippen molar-refractivity contribution in [1.82, 2.24) is 10.3 Å². The van der Waals surface area contributed by atoms with E-state index in [0.29, 0.717) is 6.54 Å². The van der Waals surface area contributed by atoms with Crippen molar-refractivity contribution in [2.75, 3.05) is 13.7 Å². The predicted molar refractivity (Wildman–Crippen MR) is 99.9 cm³/mol. The first-order chi connectivity index (χ1) is 11.6. The van der Waals surface area contributed by atoms with Gasteiger partial charge in [-0.15, -0.1) is 12.6 Å². The summed E-state index contributed by atoms with van der Waals surface area (Å²) >= 11 is 4.35. The fourth-order valence-corrected chi connectivity index (χ4v) is 3.00. The van der Waals surface area contributed by atoms with Crippen molar-refractivity contribution in [3.63, 3.8) is 0 Å². The quantitative estimate of drug-likeness (QED) is 0.619. The summed E-state index contributed by atoms with van der Waals surface area (Å²) in [6.07, 6.45) is 0.741. The van der Waals surface area contributed by atoms with Crippen LogP contribution in [0, 0.1) is 0 Å². The number of H-pyrrole nitrogens is 1. The van der Waals surface area contributed by atoms with E-state index < -0.39 is 0 Å². The van der Waals surface area contributed by atoms with Gasteiger partial charge >= 0.3 is 0 Å². The van der Waals surface area contributed by atoms with Crippen LogP contribution < -0.4 is 10.1 Å². The molecule has 0 spiro atoms. The number of hydrogen-bond donors (Lipinski definition) is 3. The largest absolute Gasteiger partial charge is 0.497 e. The van der Waals surface area contributed by atoms with Crippen LogP contribution in [0.5, 0.6) is 5.75 Å². The Morgan fingerprint density at radius 2 is 1.96 bits per heavy atom. The molecular weight excluding hydrogens is 320 g/mol. The maximum Gasteiger partial charge on any atom is 0.216 e. The minimum Gasteiger partial charge on any atom is -0.497 e. The first kappa shape index (κ1) is 16.5. The summed E-state index contributed by atoms with van der Waals surface area (Å²) < 4.78 is 5.36. The molecule has 4 nitrogen and oxygen atoms in total. The second-order valence-corrected chi connectivity index (χ2v) is 6.19. The zero-order valence-corrected chi connectivity index (χ0v) is 14.6. The maximum atomic E-state index is 11.2. The zero-order chi connectivity index (χ0) is 17.1. The van der Waals surface area contributed by atoms with E-state index in [1.807, 2.05) is 42.5 Å². The smallest absolute Gasteiger partial charge is 0.216 e. The monoisotopic (exact) mass is 340 g/mol. The Labute approximate surface area is 146 Å². The second kappa shape index (κ2) is 7.01. The van der Waals surface area contributed by atoms with Crippen LogP contribution in [0.2, 0.25) is 0 Å². The van der Waals surface area contributed by atoms with Gasteiger partial charge in [0.05, 0.1) is 7.11 Å². The van der Waals surface area contributed by atoms with Crippen LogP contribution in [0.3, 0.4) is 0 Å². The van der Waals surface area contributed by atoms with Gasteiger partial charge in [0.1, 0.15) is 5.75 Å². The molecular formula is C19H20N2O2S. The third kappa shape index (κ3) is 3.41. The molecule has 5 heteroatoms. The zero-order valence-electron chi connectivity index (χ0n) is 13.7. The van der Waals surface area contributed by atoms with E-state index in [-0.39, 0.29) is 5.91 Å². The van der Waals surface area contributed by atoms with Gasteiger partial charge in [0.15, 0.2) is 0 Å². The summed E-state index contributed by atoms with van der Waals surface area (Å²) in [6.45, 7) is 2.13. The summed E-state index contributed by atoms with van der Waals surface area (Å²) in [7, 11) is 1.66. The summed E-state index contributed by atoms with van der Waals surface area (Å²) in [5.74, 6) is 0.799. The number of ether oxygens (including phenoxy) is 1. The highest BCUT2D eigenvalue weighted by Gasteiger charge is 2.14. The molecule has 2 aromatic carbocycles. The molecule has 1 amide bonds. The molecule has 124 valence electrons. The first-order valence-electron chi connectivity index (χ1n) is 7.81. The van der Waals surface area contributed by atoms with Gasteiger partial charge in [0.25, 0.3) is 0 Å². The van der Waals surface area contributed by atoms with Crippen LogP contribution in [-0.4, -0.2) is 24.5 Å². The van der Waals surface area contributed by atoms with Crippen LogP contribution in [0.1, 0.15) is 12.5 Å². The summed E-state index contributed by atoms with van der Waals surface area (Å²) in [6, 6.07) is 14.0. The molecule has 0 radical (unpaired) electrons. The van der Waals surface area contributed by atoms with Crippen LogP contribution in [0.25, 0.3) is 22.2 Å². The molecule has 0 unspecified atom stereocenters. The molecule has 0 aliphatic rings. The highest BCUT2D eigenvalue weighted by molar-refractivity contribution is 7.80.